The lowest BCUT2D eigenvalue weighted by Gasteiger charge is -1.96. The van der Waals surface area contributed by atoms with Crippen LogP contribution < -0.4 is 5.73 Å². The Kier molecular flexibility index (Phi) is 2.50. The van der Waals surface area contributed by atoms with Gasteiger partial charge in [-0.3, -0.25) is 4.68 Å². The van der Waals surface area contributed by atoms with Crippen molar-refractivity contribution >= 4 is 10.9 Å². The predicted molar refractivity (Wildman–Crippen MR) is 58.1 cm³/mol. The van der Waals surface area contributed by atoms with Gasteiger partial charge in [0.2, 0.25) is 0 Å². The zero-order valence-corrected chi connectivity index (χ0v) is 8.40. The fourth-order valence-corrected chi connectivity index (χ4v) is 1.61. The summed E-state index contributed by atoms with van der Waals surface area (Å²) in [5, 5.41) is 5.72. The van der Waals surface area contributed by atoms with Crippen LogP contribution in [0.5, 0.6) is 0 Å². The molecule has 0 atom stereocenters. The van der Waals surface area contributed by atoms with Crippen molar-refractivity contribution in [2.24, 2.45) is 5.73 Å². The maximum Gasteiger partial charge on any atom is 0.0952 e. The van der Waals surface area contributed by atoms with Crippen LogP contribution in [0.15, 0.2) is 24.4 Å². The molecule has 1 heterocycles. The minimum atomic E-state index is 0.717. The fourth-order valence-electron chi connectivity index (χ4n) is 1.61. The van der Waals surface area contributed by atoms with Gasteiger partial charge in [-0.05, 0) is 25.5 Å². The molecular formula is C11H15N3. The van der Waals surface area contributed by atoms with E-state index in [9.17, 15) is 0 Å². The van der Waals surface area contributed by atoms with Gasteiger partial charge in [0.05, 0.1) is 5.52 Å². The van der Waals surface area contributed by atoms with Crippen molar-refractivity contribution in [1.29, 1.82) is 0 Å². The lowest BCUT2D eigenvalue weighted by atomic mass is 10.2. The van der Waals surface area contributed by atoms with Crippen LogP contribution in [0.1, 0.15) is 12.0 Å². The molecule has 2 aromatic rings. The zero-order chi connectivity index (χ0) is 9.97. The molecule has 0 bridgehead atoms. The molecular weight excluding hydrogens is 174 g/mol. The summed E-state index contributed by atoms with van der Waals surface area (Å²) >= 11 is 0. The summed E-state index contributed by atoms with van der Waals surface area (Å²) in [5.41, 5.74) is 7.79. The van der Waals surface area contributed by atoms with E-state index in [1.54, 1.807) is 0 Å². The molecule has 0 unspecified atom stereocenters. The molecule has 0 aliphatic heterocycles. The predicted octanol–water partition coefficient (Wildman–Crippen LogP) is 1.69. The van der Waals surface area contributed by atoms with Crippen molar-refractivity contribution in [1.82, 2.24) is 9.78 Å². The second-order valence-corrected chi connectivity index (χ2v) is 3.55. The summed E-state index contributed by atoms with van der Waals surface area (Å²) in [4.78, 5) is 0. The second kappa shape index (κ2) is 3.80. The molecule has 2 rings (SSSR count). The van der Waals surface area contributed by atoms with Crippen LogP contribution in [0.2, 0.25) is 0 Å². The van der Waals surface area contributed by atoms with Gasteiger partial charge in [0, 0.05) is 18.1 Å². The summed E-state index contributed by atoms with van der Waals surface area (Å²) in [6.07, 6.45) is 3.06. The Bertz CT molecular complexity index is 431. The van der Waals surface area contributed by atoms with Crippen LogP contribution in [-0.2, 0) is 6.54 Å². The van der Waals surface area contributed by atoms with Crippen LogP contribution in [-0.4, -0.2) is 16.3 Å². The summed E-state index contributed by atoms with van der Waals surface area (Å²) in [6, 6.07) is 6.24. The number of hydrogen-bond donors (Lipinski definition) is 1. The van der Waals surface area contributed by atoms with Gasteiger partial charge < -0.3 is 5.73 Å². The molecule has 0 amide bonds. The van der Waals surface area contributed by atoms with Crippen molar-refractivity contribution in [3.05, 3.63) is 30.0 Å². The van der Waals surface area contributed by atoms with Crippen molar-refractivity contribution < 1.29 is 0 Å². The van der Waals surface area contributed by atoms with E-state index in [1.165, 1.54) is 10.9 Å². The highest BCUT2D eigenvalue weighted by atomic mass is 15.3. The van der Waals surface area contributed by atoms with E-state index in [0.717, 1.165) is 25.0 Å². The second-order valence-electron chi connectivity index (χ2n) is 3.55. The SMILES string of the molecule is Cc1cccc2cn(CCCN)nc12. The highest BCUT2D eigenvalue weighted by Gasteiger charge is 2.01. The quantitative estimate of drug-likeness (QED) is 0.798. The number of fused-ring (bicyclic) bond motifs is 1. The fraction of sp³-hybridized carbons (Fsp3) is 0.364. The van der Waals surface area contributed by atoms with Gasteiger partial charge in [0.1, 0.15) is 0 Å². The highest BCUT2D eigenvalue weighted by molar-refractivity contribution is 5.81. The van der Waals surface area contributed by atoms with E-state index in [2.05, 4.69) is 36.4 Å². The Hall–Kier alpha value is -1.35. The van der Waals surface area contributed by atoms with E-state index in [4.69, 9.17) is 5.73 Å². The first-order valence-electron chi connectivity index (χ1n) is 4.94. The van der Waals surface area contributed by atoms with Gasteiger partial charge >= 0.3 is 0 Å². The molecule has 3 nitrogen and oxygen atoms in total. The monoisotopic (exact) mass is 189 g/mol. The Morgan fingerprint density at radius 1 is 1.43 bits per heavy atom. The molecule has 2 N–H and O–H groups in total. The van der Waals surface area contributed by atoms with E-state index in [0.29, 0.717) is 0 Å². The first-order valence-corrected chi connectivity index (χ1v) is 4.94. The molecule has 14 heavy (non-hydrogen) atoms. The average molecular weight is 189 g/mol. The van der Waals surface area contributed by atoms with Crippen LogP contribution >= 0.6 is 0 Å². The molecule has 0 saturated carbocycles. The normalized spacial score (nSPS) is 11.0. The third-order valence-corrected chi connectivity index (χ3v) is 2.38. The molecule has 0 fully saturated rings. The smallest absolute Gasteiger partial charge is 0.0952 e. The first-order chi connectivity index (χ1) is 6.81. The van der Waals surface area contributed by atoms with Gasteiger partial charge in [-0.2, -0.15) is 5.10 Å². The van der Waals surface area contributed by atoms with E-state index >= 15 is 0 Å². The lowest BCUT2D eigenvalue weighted by Crippen LogP contribution is -2.05. The minimum Gasteiger partial charge on any atom is -0.330 e. The molecule has 0 aliphatic rings. The summed E-state index contributed by atoms with van der Waals surface area (Å²) < 4.78 is 1.98. The summed E-state index contributed by atoms with van der Waals surface area (Å²) in [7, 11) is 0. The lowest BCUT2D eigenvalue weighted by molar-refractivity contribution is 0.590. The van der Waals surface area contributed by atoms with Crippen molar-refractivity contribution in [3.8, 4) is 0 Å². The third kappa shape index (κ3) is 1.63. The van der Waals surface area contributed by atoms with Crippen LogP contribution in [0.4, 0.5) is 0 Å². The Balaban J connectivity index is 2.36. The van der Waals surface area contributed by atoms with Crippen molar-refractivity contribution in [2.75, 3.05) is 6.54 Å². The number of aryl methyl sites for hydroxylation is 2. The number of nitrogens with two attached hydrogens (primary N) is 1. The molecule has 1 aromatic carbocycles. The Morgan fingerprint density at radius 3 is 3.00 bits per heavy atom. The van der Waals surface area contributed by atoms with Gasteiger partial charge in [-0.1, -0.05) is 18.2 Å². The molecule has 1 aromatic heterocycles. The largest absolute Gasteiger partial charge is 0.330 e. The molecule has 0 saturated heterocycles. The maximum absolute atomic E-state index is 5.46. The van der Waals surface area contributed by atoms with Crippen molar-refractivity contribution in [3.63, 3.8) is 0 Å². The average Bonchev–Trinajstić information content (AvgIpc) is 2.59. The molecule has 74 valence electrons. The van der Waals surface area contributed by atoms with Crippen LogP contribution in [0, 0.1) is 6.92 Å². The maximum atomic E-state index is 5.46. The van der Waals surface area contributed by atoms with Gasteiger partial charge in [-0.15, -0.1) is 0 Å². The molecule has 0 aliphatic carbocycles. The number of hydrogen-bond acceptors (Lipinski definition) is 2. The van der Waals surface area contributed by atoms with E-state index < -0.39 is 0 Å². The Morgan fingerprint density at radius 2 is 2.29 bits per heavy atom. The summed E-state index contributed by atoms with van der Waals surface area (Å²) in [6.45, 7) is 3.71. The number of rotatable bonds is 3. The summed E-state index contributed by atoms with van der Waals surface area (Å²) in [5.74, 6) is 0. The first kappa shape index (κ1) is 9.21. The van der Waals surface area contributed by atoms with Crippen molar-refractivity contribution in [2.45, 2.75) is 19.9 Å². The third-order valence-electron chi connectivity index (χ3n) is 2.38. The standard InChI is InChI=1S/C11H15N3/c1-9-4-2-5-10-8-14(7-3-6-12)13-11(9)10/h2,4-5,8H,3,6-7,12H2,1H3. The van der Waals surface area contributed by atoms with Gasteiger partial charge in [0.15, 0.2) is 0 Å². The van der Waals surface area contributed by atoms with Gasteiger partial charge in [-0.25, -0.2) is 0 Å². The van der Waals surface area contributed by atoms with Crippen LogP contribution in [0.3, 0.4) is 0 Å². The molecule has 3 heteroatoms. The number of nitrogens with zero attached hydrogens (tertiary/aromatic N) is 2. The number of benzene rings is 1. The molecule has 0 spiro atoms. The van der Waals surface area contributed by atoms with E-state index in [-0.39, 0.29) is 0 Å². The zero-order valence-electron chi connectivity index (χ0n) is 8.40. The highest BCUT2D eigenvalue weighted by Crippen LogP contribution is 2.15. The topological polar surface area (TPSA) is 43.8 Å². The van der Waals surface area contributed by atoms with E-state index in [1.807, 2.05) is 4.68 Å². The van der Waals surface area contributed by atoms with Crippen LogP contribution in [0.25, 0.3) is 10.9 Å². The minimum absolute atomic E-state index is 0.717. The Labute approximate surface area is 83.5 Å². The van der Waals surface area contributed by atoms with Gasteiger partial charge in [0.25, 0.3) is 0 Å². The molecule has 0 radical (unpaired) electrons. The number of aromatic nitrogens is 2.